The molecule has 1 N–H and O–H groups in total. The summed E-state index contributed by atoms with van der Waals surface area (Å²) in [5.41, 5.74) is -1.38. The van der Waals surface area contributed by atoms with Gasteiger partial charge in [-0.2, -0.15) is 18.3 Å². The highest BCUT2D eigenvalue weighted by Gasteiger charge is 2.41. The van der Waals surface area contributed by atoms with Crippen LogP contribution < -0.4 is 0 Å². The second-order valence-electron chi connectivity index (χ2n) is 5.14. The van der Waals surface area contributed by atoms with Crippen molar-refractivity contribution in [1.82, 2.24) is 14.7 Å². The number of carbonyl (C=O) groups is 1. The predicted octanol–water partition coefficient (Wildman–Crippen LogP) is 1.77. The standard InChI is InChI=1S/C13H18F3N3O2/c1-2-19-11(13(14,15)16)10(7-17-19)12(21)18-5-3-9(8-20)4-6-18/h7,9,20H,2-6,8H2,1H3. The highest BCUT2D eigenvalue weighted by atomic mass is 19.4. The van der Waals surface area contributed by atoms with Crippen LogP contribution in [0.1, 0.15) is 35.8 Å². The minimum atomic E-state index is -4.61. The maximum Gasteiger partial charge on any atom is 0.433 e. The van der Waals surface area contributed by atoms with Crippen LogP contribution in [0, 0.1) is 5.92 Å². The van der Waals surface area contributed by atoms with E-state index in [9.17, 15) is 18.0 Å². The zero-order chi connectivity index (χ0) is 15.6. The Hall–Kier alpha value is -1.57. The van der Waals surface area contributed by atoms with Gasteiger partial charge in [0.05, 0.1) is 11.8 Å². The van der Waals surface area contributed by atoms with Gasteiger partial charge in [-0.1, -0.05) is 0 Å². The molecule has 0 aromatic carbocycles. The Kier molecular flexibility index (Phi) is 4.55. The second-order valence-corrected chi connectivity index (χ2v) is 5.14. The van der Waals surface area contributed by atoms with Crippen molar-refractivity contribution in [3.63, 3.8) is 0 Å². The van der Waals surface area contributed by atoms with Gasteiger partial charge in [0.2, 0.25) is 0 Å². The minimum absolute atomic E-state index is 0.0452. The number of hydrogen-bond donors (Lipinski definition) is 1. The molecular formula is C13H18F3N3O2. The second kappa shape index (κ2) is 6.05. The molecule has 1 aliphatic rings. The first-order valence-electron chi connectivity index (χ1n) is 6.91. The van der Waals surface area contributed by atoms with Crippen molar-refractivity contribution in [2.45, 2.75) is 32.5 Å². The molecule has 0 radical (unpaired) electrons. The van der Waals surface area contributed by atoms with Crippen LogP contribution in [0.5, 0.6) is 0 Å². The molecule has 1 aromatic heterocycles. The molecule has 0 saturated carbocycles. The molecule has 1 aliphatic heterocycles. The Morgan fingerprint density at radius 3 is 2.52 bits per heavy atom. The first-order chi connectivity index (χ1) is 9.88. The van der Waals surface area contributed by atoms with Gasteiger partial charge in [-0.05, 0) is 25.7 Å². The normalized spacial score (nSPS) is 17.3. The van der Waals surface area contributed by atoms with Crippen LogP contribution in [0.4, 0.5) is 13.2 Å². The lowest BCUT2D eigenvalue weighted by molar-refractivity contribution is -0.144. The first kappa shape index (κ1) is 15.8. The number of halogens is 3. The summed E-state index contributed by atoms with van der Waals surface area (Å²) in [5.74, 6) is -0.520. The number of aliphatic hydroxyl groups excluding tert-OH is 1. The fraction of sp³-hybridized carbons (Fsp3) is 0.692. The lowest BCUT2D eigenvalue weighted by Crippen LogP contribution is -2.39. The van der Waals surface area contributed by atoms with E-state index in [0.717, 1.165) is 10.9 Å². The summed E-state index contributed by atoms with van der Waals surface area (Å²) in [6, 6.07) is 0. The zero-order valence-electron chi connectivity index (χ0n) is 11.7. The lowest BCUT2D eigenvalue weighted by atomic mass is 9.97. The first-order valence-corrected chi connectivity index (χ1v) is 6.91. The number of amides is 1. The van der Waals surface area contributed by atoms with E-state index in [2.05, 4.69) is 5.10 Å². The third-order valence-electron chi connectivity index (χ3n) is 3.80. The molecule has 8 heteroatoms. The quantitative estimate of drug-likeness (QED) is 0.926. The number of rotatable bonds is 3. The van der Waals surface area contributed by atoms with Crippen LogP contribution in [0.15, 0.2) is 6.20 Å². The molecule has 0 unspecified atom stereocenters. The van der Waals surface area contributed by atoms with Gasteiger partial charge >= 0.3 is 6.18 Å². The Morgan fingerprint density at radius 1 is 1.43 bits per heavy atom. The van der Waals surface area contributed by atoms with Gasteiger partial charge in [-0.15, -0.1) is 0 Å². The number of alkyl halides is 3. The molecule has 1 amide bonds. The number of aryl methyl sites for hydroxylation is 1. The van der Waals surface area contributed by atoms with Gasteiger partial charge in [-0.25, -0.2) is 0 Å². The van der Waals surface area contributed by atoms with Crippen LogP contribution in [-0.2, 0) is 12.7 Å². The summed E-state index contributed by atoms with van der Waals surface area (Å²) < 4.78 is 40.1. The van der Waals surface area contributed by atoms with Crippen LogP contribution in [0.3, 0.4) is 0 Å². The monoisotopic (exact) mass is 305 g/mol. The van der Waals surface area contributed by atoms with Crippen LogP contribution >= 0.6 is 0 Å². The van der Waals surface area contributed by atoms with E-state index in [4.69, 9.17) is 5.11 Å². The number of hydrogen-bond acceptors (Lipinski definition) is 3. The van der Waals surface area contributed by atoms with Gasteiger partial charge in [-0.3, -0.25) is 9.48 Å². The summed E-state index contributed by atoms with van der Waals surface area (Å²) in [5, 5.41) is 12.7. The number of piperidine rings is 1. The van der Waals surface area contributed by atoms with Crippen molar-refractivity contribution in [2.75, 3.05) is 19.7 Å². The molecule has 0 spiro atoms. The molecule has 0 aliphatic carbocycles. The smallest absolute Gasteiger partial charge is 0.396 e. The number of aliphatic hydroxyl groups is 1. The number of carbonyl (C=O) groups excluding carboxylic acids is 1. The zero-order valence-corrected chi connectivity index (χ0v) is 11.7. The lowest BCUT2D eigenvalue weighted by Gasteiger charge is -2.31. The Balaban J connectivity index is 2.22. The van der Waals surface area contributed by atoms with E-state index >= 15 is 0 Å². The summed E-state index contributed by atoms with van der Waals surface area (Å²) >= 11 is 0. The van der Waals surface area contributed by atoms with Crippen molar-refractivity contribution in [3.8, 4) is 0 Å². The van der Waals surface area contributed by atoms with E-state index in [-0.39, 0.29) is 19.1 Å². The number of likely N-dealkylation sites (tertiary alicyclic amines) is 1. The Bertz CT molecular complexity index is 505. The summed E-state index contributed by atoms with van der Waals surface area (Å²) in [6.45, 7) is 2.36. The molecule has 2 rings (SSSR count). The van der Waals surface area contributed by atoms with E-state index < -0.39 is 23.3 Å². The Morgan fingerprint density at radius 2 is 2.05 bits per heavy atom. The third-order valence-corrected chi connectivity index (χ3v) is 3.80. The third kappa shape index (κ3) is 3.20. The summed E-state index contributed by atoms with van der Waals surface area (Å²) in [4.78, 5) is 13.7. The van der Waals surface area contributed by atoms with Crippen LogP contribution in [-0.4, -0.2) is 45.4 Å². The molecular weight excluding hydrogens is 287 g/mol. The Labute approximate surface area is 120 Å². The summed E-state index contributed by atoms with van der Waals surface area (Å²) in [6.07, 6.45) is -2.41. The van der Waals surface area contributed by atoms with Gasteiger partial charge in [0, 0.05) is 26.2 Å². The maximum absolute atomic E-state index is 13.1. The molecule has 21 heavy (non-hydrogen) atoms. The van der Waals surface area contributed by atoms with Crippen LogP contribution in [0.2, 0.25) is 0 Å². The van der Waals surface area contributed by atoms with Crippen molar-refractivity contribution in [1.29, 1.82) is 0 Å². The molecule has 118 valence electrons. The topological polar surface area (TPSA) is 58.4 Å². The highest BCUT2D eigenvalue weighted by molar-refractivity contribution is 5.95. The molecule has 1 fully saturated rings. The van der Waals surface area contributed by atoms with Crippen molar-refractivity contribution < 1.29 is 23.1 Å². The summed E-state index contributed by atoms with van der Waals surface area (Å²) in [7, 11) is 0. The van der Waals surface area contributed by atoms with E-state index in [1.807, 2.05) is 0 Å². The van der Waals surface area contributed by atoms with Gasteiger partial charge in [0.15, 0.2) is 5.69 Å². The average Bonchev–Trinajstić information content (AvgIpc) is 2.90. The predicted molar refractivity (Wildman–Crippen MR) is 68.6 cm³/mol. The average molecular weight is 305 g/mol. The maximum atomic E-state index is 13.1. The minimum Gasteiger partial charge on any atom is -0.396 e. The molecule has 1 saturated heterocycles. The molecule has 0 bridgehead atoms. The fourth-order valence-corrected chi connectivity index (χ4v) is 2.57. The van der Waals surface area contributed by atoms with Crippen molar-refractivity contribution >= 4 is 5.91 Å². The SMILES string of the molecule is CCn1ncc(C(=O)N2CCC(CO)CC2)c1C(F)(F)F. The highest BCUT2D eigenvalue weighted by Crippen LogP contribution is 2.33. The van der Waals surface area contributed by atoms with Crippen molar-refractivity contribution in [2.24, 2.45) is 5.92 Å². The van der Waals surface area contributed by atoms with Gasteiger partial charge in [0.25, 0.3) is 5.91 Å². The van der Waals surface area contributed by atoms with E-state index in [1.165, 1.54) is 4.90 Å². The van der Waals surface area contributed by atoms with Gasteiger partial charge in [0.1, 0.15) is 0 Å². The van der Waals surface area contributed by atoms with Crippen molar-refractivity contribution in [3.05, 3.63) is 17.5 Å². The van der Waals surface area contributed by atoms with Crippen LogP contribution in [0.25, 0.3) is 0 Å². The fourth-order valence-electron chi connectivity index (χ4n) is 2.57. The molecule has 0 atom stereocenters. The largest absolute Gasteiger partial charge is 0.433 e. The van der Waals surface area contributed by atoms with Gasteiger partial charge < -0.3 is 10.0 Å². The van der Waals surface area contributed by atoms with E-state index in [0.29, 0.717) is 25.9 Å². The molecule has 2 heterocycles. The number of nitrogens with zero attached hydrogens (tertiary/aromatic N) is 3. The van der Waals surface area contributed by atoms with E-state index in [1.54, 1.807) is 6.92 Å². The molecule has 1 aromatic rings. The number of aromatic nitrogens is 2. The molecule has 5 nitrogen and oxygen atoms in total.